The van der Waals surface area contributed by atoms with Gasteiger partial charge < -0.3 is 14.2 Å². The molecule has 0 bridgehead atoms. The highest BCUT2D eigenvalue weighted by molar-refractivity contribution is 5.94. The Labute approximate surface area is 147 Å². The van der Waals surface area contributed by atoms with Crippen molar-refractivity contribution in [1.29, 1.82) is 0 Å². The molecule has 0 N–H and O–H groups in total. The van der Waals surface area contributed by atoms with E-state index in [0.717, 1.165) is 5.56 Å². The maximum atomic E-state index is 11.7. The molecule has 0 saturated heterocycles. The number of carbonyl (C=O) groups excluding carboxylic acids is 2. The van der Waals surface area contributed by atoms with E-state index in [2.05, 4.69) is 0 Å². The van der Waals surface area contributed by atoms with Gasteiger partial charge in [-0.2, -0.15) is 0 Å². The van der Waals surface area contributed by atoms with Crippen LogP contribution in [0.4, 0.5) is 0 Å². The molecule has 0 heterocycles. The Morgan fingerprint density at radius 3 is 2.36 bits per heavy atom. The summed E-state index contributed by atoms with van der Waals surface area (Å²) in [6.45, 7) is 5.19. The number of ether oxygens (including phenoxy) is 3. The Morgan fingerprint density at radius 1 is 1.04 bits per heavy atom. The molecule has 0 aliphatic carbocycles. The zero-order valence-corrected chi connectivity index (χ0v) is 14.7. The predicted octanol–water partition coefficient (Wildman–Crippen LogP) is 3.97. The highest BCUT2D eigenvalue weighted by Crippen LogP contribution is 2.27. The third-order valence-electron chi connectivity index (χ3n) is 3.53. The minimum absolute atomic E-state index is 0.112. The van der Waals surface area contributed by atoms with Gasteiger partial charge in [-0.3, -0.25) is 4.79 Å². The molecule has 2 aromatic rings. The molecule has 5 nitrogen and oxygen atoms in total. The monoisotopic (exact) mass is 342 g/mol. The van der Waals surface area contributed by atoms with Crippen LogP contribution in [0, 0.1) is 0 Å². The molecule has 0 fully saturated rings. The summed E-state index contributed by atoms with van der Waals surface area (Å²) in [5.41, 5.74) is 1.47. The molecule has 0 aromatic heterocycles. The van der Waals surface area contributed by atoms with Crippen LogP contribution in [0.3, 0.4) is 0 Å². The summed E-state index contributed by atoms with van der Waals surface area (Å²) >= 11 is 0. The SMILES string of the molecule is CCOC(=O)COc1cc(OC(C)c2ccccc2)cc(C(C)=O)c1. The van der Waals surface area contributed by atoms with E-state index in [0.29, 0.717) is 23.7 Å². The van der Waals surface area contributed by atoms with Crippen LogP contribution in [0.25, 0.3) is 0 Å². The van der Waals surface area contributed by atoms with Crippen molar-refractivity contribution in [2.45, 2.75) is 26.9 Å². The molecule has 1 unspecified atom stereocenters. The van der Waals surface area contributed by atoms with Crippen molar-refractivity contribution in [2.75, 3.05) is 13.2 Å². The topological polar surface area (TPSA) is 61.8 Å². The second kappa shape index (κ2) is 8.87. The number of ketones is 1. The first kappa shape index (κ1) is 18.5. The molecule has 2 rings (SSSR count). The molecular formula is C20H22O5. The zero-order valence-electron chi connectivity index (χ0n) is 14.7. The van der Waals surface area contributed by atoms with Gasteiger partial charge in [-0.15, -0.1) is 0 Å². The van der Waals surface area contributed by atoms with E-state index < -0.39 is 5.97 Å². The Morgan fingerprint density at radius 2 is 1.72 bits per heavy atom. The minimum atomic E-state index is -0.462. The smallest absolute Gasteiger partial charge is 0.344 e. The molecule has 0 aliphatic heterocycles. The van der Waals surface area contributed by atoms with E-state index in [4.69, 9.17) is 14.2 Å². The first-order valence-corrected chi connectivity index (χ1v) is 8.15. The van der Waals surface area contributed by atoms with Gasteiger partial charge in [0.2, 0.25) is 0 Å². The van der Waals surface area contributed by atoms with Crippen LogP contribution >= 0.6 is 0 Å². The summed E-state index contributed by atoms with van der Waals surface area (Å²) in [4.78, 5) is 23.2. The van der Waals surface area contributed by atoms with E-state index in [1.807, 2.05) is 37.3 Å². The summed E-state index contributed by atoms with van der Waals surface area (Å²) in [7, 11) is 0. The van der Waals surface area contributed by atoms with Gasteiger partial charge in [0.15, 0.2) is 12.4 Å². The fraction of sp³-hybridized carbons (Fsp3) is 0.300. The average Bonchev–Trinajstić information content (AvgIpc) is 2.60. The largest absolute Gasteiger partial charge is 0.486 e. The zero-order chi connectivity index (χ0) is 18.2. The van der Waals surface area contributed by atoms with Crippen molar-refractivity contribution in [3.05, 3.63) is 59.7 Å². The van der Waals surface area contributed by atoms with Gasteiger partial charge in [0.1, 0.15) is 17.6 Å². The number of rotatable bonds is 8. The molecule has 0 saturated carbocycles. The lowest BCUT2D eigenvalue weighted by Gasteiger charge is -2.17. The summed E-state index contributed by atoms with van der Waals surface area (Å²) in [5.74, 6) is 0.313. The van der Waals surface area contributed by atoms with Crippen LogP contribution in [-0.4, -0.2) is 25.0 Å². The van der Waals surface area contributed by atoms with Gasteiger partial charge in [0.25, 0.3) is 0 Å². The lowest BCUT2D eigenvalue weighted by molar-refractivity contribution is -0.145. The van der Waals surface area contributed by atoms with Gasteiger partial charge in [0.05, 0.1) is 6.61 Å². The number of esters is 1. The fourth-order valence-electron chi connectivity index (χ4n) is 2.27. The fourth-order valence-corrected chi connectivity index (χ4v) is 2.27. The van der Waals surface area contributed by atoms with Gasteiger partial charge in [-0.25, -0.2) is 4.79 Å². The van der Waals surface area contributed by atoms with Crippen molar-refractivity contribution in [1.82, 2.24) is 0 Å². The molecule has 1 atom stereocenters. The van der Waals surface area contributed by atoms with Crippen molar-refractivity contribution >= 4 is 11.8 Å². The number of Topliss-reactive ketones (excluding diaryl/α,β-unsaturated/α-hetero) is 1. The second-order valence-corrected chi connectivity index (χ2v) is 5.51. The third-order valence-corrected chi connectivity index (χ3v) is 3.53. The van der Waals surface area contributed by atoms with Crippen LogP contribution in [0.15, 0.2) is 48.5 Å². The molecule has 25 heavy (non-hydrogen) atoms. The van der Waals surface area contributed by atoms with Crippen LogP contribution < -0.4 is 9.47 Å². The molecule has 2 aromatic carbocycles. The van der Waals surface area contributed by atoms with Crippen LogP contribution in [0.5, 0.6) is 11.5 Å². The predicted molar refractivity (Wildman–Crippen MR) is 94.1 cm³/mol. The Balaban J connectivity index is 2.16. The van der Waals surface area contributed by atoms with Crippen molar-refractivity contribution in [2.24, 2.45) is 0 Å². The third kappa shape index (κ3) is 5.64. The van der Waals surface area contributed by atoms with Crippen LogP contribution in [0.1, 0.15) is 42.8 Å². The summed E-state index contributed by atoms with van der Waals surface area (Å²) in [6.07, 6.45) is -0.193. The van der Waals surface area contributed by atoms with Crippen LogP contribution in [-0.2, 0) is 9.53 Å². The van der Waals surface area contributed by atoms with Crippen molar-refractivity contribution in [3.63, 3.8) is 0 Å². The van der Waals surface area contributed by atoms with Crippen molar-refractivity contribution < 1.29 is 23.8 Å². The number of hydrogen-bond acceptors (Lipinski definition) is 5. The summed E-state index contributed by atoms with van der Waals surface area (Å²) in [5, 5.41) is 0. The Kier molecular flexibility index (Phi) is 6.57. The molecule has 0 radical (unpaired) electrons. The minimum Gasteiger partial charge on any atom is -0.486 e. The van der Waals surface area contributed by atoms with Gasteiger partial charge >= 0.3 is 5.97 Å². The van der Waals surface area contributed by atoms with E-state index in [-0.39, 0.29) is 18.5 Å². The molecule has 0 aliphatic rings. The summed E-state index contributed by atoms with van der Waals surface area (Å²) in [6, 6.07) is 14.7. The average molecular weight is 342 g/mol. The normalized spacial score (nSPS) is 11.5. The van der Waals surface area contributed by atoms with E-state index in [9.17, 15) is 9.59 Å². The molecule has 5 heteroatoms. The van der Waals surface area contributed by atoms with E-state index in [1.54, 1.807) is 25.1 Å². The van der Waals surface area contributed by atoms with Crippen molar-refractivity contribution in [3.8, 4) is 11.5 Å². The molecule has 0 spiro atoms. The Bertz CT molecular complexity index is 724. The quantitative estimate of drug-likeness (QED) is 0.536. The first-order valence-electron chi connectivity index (χ1n) is 8.15. The molecule has 0 amide bonds. The lowest BCUT2D eigenvalue weighted by Crippen LogP contribution is -2.15. The second-order valence-electron chi connectivity index (χ2n) is 5.51. The highest BCUT2D eigenvalue weighted by Gasteiger charge is 2.12. The molecule has 132 valence electrons. The van der Waals surface area contributed by atoms with Crippen LogP contribution in [0.2, 0.25) is 0 Å². The number of hydrogen-bond donors (Lipinski definition) is 0. The van der Waals surface area contributed by atoms with Gasteiger partial charge in [-0.05, 0) is 38.5 Å². The number of carbonyl (C=O) groups is 2. The standard InChI is InChI=1S/C20H22O5/c1-4-23-20(22)13-24-18-10-17(14(2)21)11-19(12-18)25-15(3)16-8-6-5-7-9-16/h5-12,15H,4,13H2,1-3H3. The first-order chi connectivity index (χ1) is 12.0. The van der Waals surface area contributed by atoms with E-state index in [1.165, 1.54) is 6.92 Å². The lowest BCUT2D eigenvalue weighted by atomic mass is 10.1. The maximum absolute atomic E-state index is 11.7. The van der Waals surface area contributed by atoms with Gasteiger partial charge in [0, 0.05) is 11.6 Å². The molecular weight excluding hydrogens is 320 g/mol. The van der Waals surface area contributed by atoms with E-state index >= 15 is 0 Å². The number of benzene rings is 2. The Hall–Kier alpha value is -2.82. The maximum Gasteiger partial charge on any atom is 0.344 e. The van der Waals surface area contributed by atoms with Gasteiger partial charge in [-0.1, -0.05) is 30.3 Å². The highest BCUT2D eigenvalue weighted by atomic mass is 16.6. The summed E-state index contributed by atoms with van der Waals surface area (Å²) < 4.78 is 16.2.